The van der Waals surface area contributed by atoms with Gasteiger partial charge in [-0.25, -0.2) is 4.98 Å². The molecule has 0 spiro atoms. The molecule has 0 radical (unpaired) electrons. The lowest BCUT2D eigenvalue weighted by Crippen LogP contribution is -2.12. The molecule has 0 fully saturated rings. The summed E-state index contributed by atoms with van der Waals surface area (Å²) in [6, 6.07) is 9.58. The second-order valence-corrected chi connectivity index (χ2v) is 7.33. The van der Waals surface area contributed by atoms with Crippen molar-refractivity contribution in [2.45, 2.75) is 20.8 Å². The monoisotopic (exact) mass is 350 g/mol. The summed E-state index contributed by atoms with van der Waals surface area (Å²) in [4.78, 5) is 18.2. The van der Waals surface area contributed by atoms with Crippen LogP contribution in [0, 0.1) is 20.8 Å². The number of amides is 1. The number of hydrogen-bond acceptors (Lipinski definition) is 4. The van der Waals surface area contributed by atoms with E-state index in [1.165, 1.54) is 5.56 Å². The van der Waals surface area contributed by atoms with Gasteiger partial charge in [-0.05, 0) is 44.5 Å². The molecule has 1 N–H and O–H groups in total. The Hall–Kier alpha value is -2.73. The minimum Gasteiger partial charge on any atom is -0.304 e. The lowest BCUT2D eigenvalue weighted by atomic mass is 10.1. The molecule has 5 nitrogen and oxygen atoms in total. The highest BCUT2D eigenvalue weighted by molar-refractivity contribution is 7.26. The van der Waals surface area contributed by atoms with Crippen molar-refractivity contribution in [3.05, 3.63) is 52.7 Å². The van der Waals surface area contributed by atoms with Gasteiger partial charge in [-0.2, -0.15) is 5.10 Å². The first-order valence-electron chi connectivity index (χ1n) is 8.05. The summed E-state index contributed by atoms with van der Waals surface area (Å²) in [5.41, 5.74) is 4.93. The fraction of sp³-hybridized carbons (Fsp3) is 0.211. The first kappa shape index (κ1) is 15.8. The second kappa shape index (κ2) is 5.67. The van der Waals surface area contributed by atoms with Crippen LogP contribution < -0.4 is 5.32 Å². The Kier molecular flexibility index (Phi) is 3.58. The minimum atomic E-state index is -0.154. The molecule has 0 aliphatic heterocycles. The van der Waals surface area contributed by atoms with E-state index >= 15 is 0 Å². The van der Waals surface area contributed by atoms with Crippen LogP contribution in [0.1, 0.15) is 27.2 Å². The van der Waals surface area contributed by atoms with E-state index in [2.05, 4.69) is 28.4 Å². The standard InChI is InChI=1S/C19H18N4OS/c1-10-5-7-13(8-6-10)18(24)21-17-16-15(23(4)22-17)14-11(2)9-12(3)20-19(14)25-16/h5-9H,1-4H3,(H,21,22,24). The van der Waals surface area contributed by atoms with Crippen molar-refractivity contribution >= 4 is 43.5 Å². The summed E-state index contributed by atoms with van der Waals surface area (Å²) in [6.07, 6.45) is 0. The third-order valence-corrected chi connectivity index (χ3v) is 5.38. The molecule has 0 unspecified atom stereocenters. The van der Waals surface area contributed by atoms with Gasteiger partial charge in [0.1, 0.15) is 4.83 Å². The van der Waals surface area contributed by atoms with E-state index in [9.17, 15) is 4.79 Å². The van der Waals surface area contributed by atoms with Crippen molar-refractivity contribution in [3.8, 4) is 0 Å². The molecule has 1 amide bonds. The number of aromatic nitrogens is 3. The SMILES string of the molecule is Cc1ccc(C(=O)Nc2nn(C)c3c2sc2nc(C)cc(C)c23)cc1. The molecule has 3 aromatic heterocycles. The Labute approximate surface area is 149 Å². The molecule has 4 aromatic rings. The molecule has 6 heteroatoms. The molecule has 126 valence electrons. The number of carbonyl (C=O) groups excluding carboxylic acids is 1. The van der Waals surface area contributed by atoms with Gasteiger partial charge in [0.25, 0.3) is 5.91 Å². The summed E-state index contributed by atoms with van der Waals surface area (Å²) >= 11 is 1.57. The maximum atomic E-state index is 12.5. The Balaban J connectivity index is 1.81. The van der Waals surface area contributed by atoms with Crippen LogP contribution in [0.3, 0.4) is 0 Å². The van der Waals surface area contributed by atoms with Crippen LogP contribution in [-0.4, -0.2) is 20.7 Å². The zero-order chi connectivity index (χ0) is 17.7. The quantitative estimate of drug-likeness (QED) is 0.584. The van der Waals surface area contributed by atoms with Crippen LogP contribution in [0.4, 0.5) is 5.82 Å². The lowest BCUT2D eigenvalue weighted by molar-refractivity contribution is 0.102. The van der Waals surface area contributed by atoms with Gasteiger partial charge < -0.3 is 5.32 Å². The van der Waals surface area contributed by atoms with E-state index in [4.69, 9.17) is 0 Å². The van der Waals surface area contributed by atoms with Crippen LogP contribution in [-0.2, 0) is 7.05 Å². The van der Waals surface area contributed by atoms with Crippen LogP contribution in [0.5, 0.6) is 0 Å². The highest BCUT2D eigenvalue weighted by Crippen LogP contribution is 2.38. The largest absolute Gasteiger partial charge is 0.304 e. The molecular weight excluding hydrogens is 332 g/mol. The normalized spacial score (nSPS) is 11.4. The van der Waals surface area contributed by atoms with Crippen LogP contribution >= 0.6 is 11.3 Å². The zero-order valence-electron chi connectivity index (χ0n) is 14.5. The zero-order valence-corrected chi connectivity index (χ0v) is 15.4. The highest BCUT2D eigenvalue weighted by atomic mass is 32.1. The number of nitrogens with zero attached hydrogens (tertiary/aromatic N) is 3. The van der Waals surface area contributed by atoms with E-state index in [0.717, 1.165) is 31.7 Å². The maximum absolute atomic E-state index is 12.5. The van der Waals surface area contributed by atoms with E-state index < -0.39 is 0 Å². The molecule has 1 aromatic carbocycles. The maximum Gasteiger partial charge on any atom is 0.256 e. The van der Waals surface area contributed by atoms with Crippen molar-refractivity contribution in [2.24, 2.45) is 7.05 Å². The van der Waals surface area contributed by atoms with Gasteiger partial charge in [-0.3, -0.25) is 9.48 Å². The van der Waals surface area contributed by atoms with Gasteiger partial charge in [0.05, 0.1) is 10.2 Å². The number of hydrogen-bond donors (Lipinski definition) is 1. The summed E-state index contributed by atoms with van der Waals surface area (Å²) < 4.78 is 2.78. The summed E-state index contributed by atoms with van der Waals surface area (Å²) in [7, 11) is 1.90. The van der Waals surface area contributed by atoms with E-state index in [1.807, 2.05) is 49.8 Å². The van der Waals surface area contributed by atoms with Gasteiger partial charge in [-0.1, -0.05) is 17.7 Å². The fourth-order valence-electron chi connectivity index (χ4n) is 3.10. The smallest absolute Gasteiger partial charge is 0.256 e. The molecule has 25 heavy (non-hydrogen) atoms. The number of benzene rings is 1. The van der Waals surface area contributed by atoms with E-state index in [1.54, 1.807) is 11.3 Å². The lowest BCUT2D eigenvalue weighted by Gasteiger charge is -2.02. The van der Waals surface area contributed by atoms with Crippen molar-refractivity contribution in [2.75, 3.05) is 5.32 Å². The summed E-state index contributed by atoms with van der Waals surface area (Å²) in [5.74, 6) is 0.432. The number of anilines is 1. The number of fused-ring (bicyclic) bond motifs is 3. The fourth-order valence-corrected chi connectivity index (χ4v) is 4.37. The summed E-state index contributed by atoms with van der Waals surface area (Å²) in [5, 5.41) is 8.57. The average Bonchev–Trinajstić information content (AvgIpc) is 3.06. The molecule has 0 aliphatic rings. The number of thiophene rings is 1. The Bertz CT molecular complexity index is 1120. The molecule has 3 heterocycles. The molecule has 0 saturated carbocycles. The second-order valence-electron chi connectivity index (χ2n) is 6.33. The van der Waals surface area contributed by atoms with Crippen molar-refractivity contribution in [1.29, 1.82) is 0 Å². The molecule has 0 saturated heterocycles. The number of aryl methyl sites for hydroxylation is 4. The molecular formula is C19H18N4OS. The van der Waals surface area contributed by atoms with Gasteiger partial charge in [0, 0.05) is 23.7 Å². The van der Waals surface area contributed by atoms with Crippen molar-refractivity contribution < 1.29 is 4.79 Å². The van der Waals surface area contributed by atoms with Crippen LogP contribution in [0.15, 0.2) is 30.3 Å². The number of pyridine rings is 1. The van der Waals surface area contributed by atoms with Crippen molar-refractivity contribution in [1.82, 2.24) is 14.8 Å². The van der Waals surface area contributed by atoms with Gasteiger partial charge in [-0.15, -0.1) is 11.3 Å². The third-order valence-electron chi connectivity index (χ3n) is 4.30. The minimum absolute atomic E-state index is 0.154. The number of carbonyl (C=O) groups is 1. The molecule has 0 aliphatic carbocycles. The van der Waals surface area contributed by atoms with Crippen LogP contribution in [0.2, 0.25) is 0 Å². The number of nitrogens with one attached hydrogen (secondary N) is 1. The predicted octanol–water partition coefficient (Wildman–Crippen LogP) is 4.36. The van der Waals surface area contributed by atoms with Crippen molar-refractivity contribution in [3.63, 3.8) is 0 Å². The van der Waals surface area contributed by atoms with Crippen LogP contribution in [0.25, 0.3) is 20.4 Å². The Morgan fingerprint density at radius 1 is 1.16 bits per heavy atom. The Morgan fingerprint density at radius 2 is 1.88 bits per heavy atom. The third kappa shape index (κ3) is 2.59. The van der Waals surface area contributed by atoms with E-state index in [-0.39, 0.29) is 5.91 Å². The molecule has 4 rings (SSSR count). The van der Waals surface area contributed by atoms with Gasteiger partial charge >= 0.3 is 0 Å². The first-order chi connectivity index (χ1) is 11.9. The van der Waals surface area contributed by atoms with E-state index in [0.29, 0.717) is 11.4 Å². The molecule has 0 atom stereocenters. The molecule has 0 bridgehead atoms. The first-order valence-corrected chi connectivity index (χ1v) is 8.87. The average molecular weight is 350 g/mol. The van der Waals surface area contributed by atoms with Gasteiger partial charge in [0.15, 0.2) is 5.82 Å². The topological polar surface area (TPSA) is 59.8 Å². The predicted molar refractivity (Wildman–Crippen MR) is 102 cm³/mol. The highest BCUT2D eigenvalue weighted by Gasteiger charge is 2.19. The summed E-state index contributed by atoms with van der Waals surface area (Å²) in [6.45, 7) is 6.08. The number of rotatable bonds is 2. The van der Waals surface area contributed by atoms with Gasteiger partial charge in [0.2, 0.25) is 0 Å². The Morgan fingerprint density at radius 3 is 2.60 bits per heavy atom.